The Hall–Kier alpha value is -3.31. The summed E-state index contributed by atoms with van der Waals surface area (Å²) in [6, 6.07) is 10.9. The number of hydrogen-bond acceptors (Lipinski definition) is 6. The van der Waals surface area contributed by atoms with Crippen molar-refractivity contribution in [2.75, 3.05) is 39.5 Å². The fourth-order valence-corrected chi connectivity index (χ4v) is 3.35. The molecule has 0 heterocycles. The van der Waals surface area contributed by atoms with Gasteiger partial charge in [0.2, 0.25) is 0 Å². The molecule has 11 heteroatoms. The van der Waals surface area contributed by atoms with Crippen molar-refractivity contribution in [2.45, 2.75) is 45.4 Å². The van der Waals surface area contributed by atoms with Crippen LogP contribution in [0.4, 0.5) is 18.0 Å². The second-order valence-electron chi connectivity index (χ2n) is 8.33. The van der Waals surface area contributed by atoms with Gasteiger partial charge in [-0.1, -0.05) is 31.5 Å². The number of carbonyl (C=O) groups is 2. The van der Waals surface area contributed by atoms with Gasteiger partial charge in [-0.2, -0.15) is 13.2 Å². The Morgan fingerprint density at radius 2 is 1.68 bits per heavy atom. The average Bonchev–Trinajstić information content (AvgIpc) is 2.87. The van der Waals surface area contributed by atoms with Crippen LogP contribution < -0.4 is 9.47 Å². The quantitative estimate of drug-likeness (QED) is 0.283. The first kappa shape index (κ1) is 30.9. The maximum absolute atomic E-state index is 13.0. The lowest BCUT2D eigenvalue weighted by molar-refractivity contribution is -0.150. The van der Waals surface area contributed by atoms with Crippen molar-refractivity contribution >= 4 is 12.1 Å². The van der Waals surface area contributed by atoms with E-state index in [9.17, 15) is 27.9 Å². The molecule has 0 spiro atoms. The molecule has 0 fully saturated rings. The van der Waals surface area contributed by atoms with Crippen LogP contribution in [0.25, 0.3) is 0 Å². The summed E-state index contributed by atoms with van der Waals surface area (Å²) in [5.41, 5.74) is -0.159. The van der Waals surface area contributed by atoms with Gasteiger partial charge >= 0.3 is 18.2 Å². The smallest absolute Gasteiger partial charge is 0.416 e. The predicted molar refractivity (Wildman–Crippen MR) is 133 cm³/mol. The maximum Gasteiger partial charge on any atom is 0.416 e. The molecule has 210 valence electrons. The molecule has 0 aliphatic carbocycles. The van der Waals surface area contributed by atoms with Crippen molar-refractivity contribution in [3.05, 3.63) is 59.7 Å². The Morgan fingerprint density at radius 3 is 2.32 bits per heavy atom. The number of unbranched alkanes of at least 4 members (excludes halogenated alkanes) is 1. The molecule has 0 saturated heterocycles. The number of carboxylic acids is 1. The Balaban J connectivity index is 1.96. The van der Waals surface area contributed by atoms with Crippen molar-refractivity contribution in [3.8, 4) is 11.5 Å². The van der Waals surface area contributed by atoms with Crippen LogP contribution in [0.5, 0.6) is 11.5 Å². The van der Waals surface area contributed by atoms with Crippen LogP contribution in [0, 0.1) is 0 Å². The number of ether oxygens (including phenoxy) is 4. The fraction of sp³-hybridized carbons (Fsp3) is 0.481. The van der Waals surface area contributed by atoms with Crippen molar-refractivity contribution in [3.63, 3.8) is 0 Å². The zero-order valence-electron chi connectivity index (χ0n) is 21.5. The van der Waals surface area contributed by atoms with Gasteiger partial charge in [-0.3, -0.25) is 0 Å². The predicted octanol–water partition coefficient (Wildman–Crippen LogP) is 5.43. The van der Waals surface area contributed by atoms with Crippen molar-refractivity contribution < 1.29 is 46.8 Å². The van der Waals surface area contributed by atoms with E-state index in [-0.39, 0.29) is 45.1 Å². The summed E-state index contributed by atoms with van der Waals surface area (Å²) in [5, 5.41) is 9.23. The molecule has 2 rings (SSSR count). The minimum absolute atomic E-state index is 0.0860. The number of aliphatic carboxylic acids is 1. The first-order valence-corrected chi connectivity index (χ1v) is 12.4. The normalized spacial score (nSPS) is 12.1. The summed E-state index contributed by atoms with van der Waals surface area (Å²) < 4.78 is 60.7. The summed E-state index contributed by atoms with van der Waals surface area (Å²) in [5.74, 6) is -0.754. The molecule has 8 nitrogen and oxygen atoms in total. The van der Waals surface area contributed by atoms with Gasteiger partial charge in [0.15, 0.2) is 6.10 Å². The zero-order chi connectivity index (χ0) is 28.0. The van der Waals surface area contributed by atoms with Gasteiger partial charge in [-0.15, -0.1) is 0 Å². The Bertz CT molecular complexity index is 999. The van der Waals surface area contributed by atoms with E-state index in [4.69, 9.17) is 18.9 Å². The Labute approximate surface area is 220 Å². The highest BCUT2D eigenvalue weighted by Crippen LogP contribution is 2.31. The third-order valence-corrected chi connectivity index (χ3v) is 5.39. The van der Waals surface area contributed by atoms with Gasteiger partial charge in [-0.05, 0) is 49.2 Å². The summed E-state index contributed by atoms with van der Waals surface area (Å²) in [4.78, 5) is 25.3. The van der Waals surface area contributed by atoms with Crippen LogP contribution in [-0.2, 0) is 26.9 Å². The van der Waals surface area contributed by atoms with E-state index in [1.807, 2.05) is 6.92 Å². The standard InChI is InChI=1S/C27H34F3NO7/c1-3-5-15-35-16-13-31(26(34)38-23-8-6-7-21(19-23)27(28,29)30)14-17-37-22-11-9-20(10-12-22)18-24(25(32)33)36-4-2/h6-12,19,24H,3-5,13-18H2,1-2H3,(H,32,33). The molecule has 0 aliphatic rings. The molecule has 0 aromatic heterocycles. The summed E-state index contributed by atoms with van der Waals surface area (Å²) in [7, 11) is 0. The van der Waals surface area contributed by atoms with Crippen LogP contribution in [-0.4, -0.2) is 67.7 Å². The monoisotopic (exact) mass is 541 g/mol. The van der Waals surface area contributed by atoms with Gasteiger partial charge in [0.1, 0.15) is 18.1 Å². The largest absolute Gasteiger partial charge is 0.492 e. The fourth-order valence-electron chi connectivity index (χ4n) is 3.35. The van der Waals surface area contributed by atoms with Crippen molar-refractivity contribution in [1.82, 2.24) is 4.90 Å². The van der Waals surface area contributed by atoms with Crippen molar-refractivity contribution in [1.29, 1.82) is 0 Å². The van der Waals surface area contributed by atoms with Crippen LogP contribution in [0.3, 0.4) is 0 Å². The van der Waals surface area contributed by atoms with E-state index < -0.39 is 29.9 Å². The highest BCUT2D eigenvalue weighted by atomic mass is 19.4. The van der Waals surface area contributed by atoms with E-state index in [0.29, 0.717) is 12.4 Å². The number of carbonyl (C=O) groups excluding carboxylic acids is 1. The van der Waals surface area contributed by atoms with Gasteiger partial charge in [0, 0.05) is 26.2 Å². The third-order valence-electron chi connectivity index (χ3n) is 5.39. The molecule has 0 radical (unpaired) electrons. The van der Waals surface area contributed by atoms with Crippen LogP contribution in [0.2, 0.25) is 0 Å². The number of hydrogen-bond donors (Lipinski definition) is 1. The zero-order valence-corrected chi connectivity index (χ0v) is 21.5. The molecule has 1 amide bonds. The van der Waals surface area contributed by atoms with Crippen molar-refractivity contribution in [2.24, 2.45) is 0 Å². The lowest BCUT2D eigenvalue weighted by Crippen LogP contribution is -2.39. The molecule has 0 aliphatic heterocycles. The summed E-state index contributed by atoms with van der Waals surface area (Å²) >= 11 is 0. The number of amides is 1. The molecule has 1 atom stereocenters. The molecule has 38 heavy (non-hydrogen) atoms. The second kappa shape index (κ2) is 15.8. The molecular weight excluding hydrogens is 507 g/mol. The number of alkyl halides is 3. The number of rotatable bonds is 16. The number of benzene rings is 2. The van der Waals surface area contributed by atoms with Gasteiger partial charge in [0.25, 0.3) is 0 Å². The van der Waals surface area contributed by atoms with Crippen LogP contribution >= 0.6 is 0 Å². The van der Waals surface area contributed by atoms with E-state index in [1.165, 1.54) is 17.0 Å². The van der Waals surface area contributed by atoms with E-state index in [0.717, 1.165) is 30.5 Å². The topological polar surface area (TPSA) is 94.5 Å². The molecule has 1 N–H and O–H groups in total. The summed E-state index contributed by atoms with van der Waals surface area (Å²) in [6.07, 6.45) is -4.30. The van der Waals surface area contributed by atoms with Gasteiger partial charge in [0.05, 0.1) is 18.7 Å². The Morgan fingerprint density at radius 1 is 0.974 bits per heavy atom. The third kappa shape index (κ3) is 11.0. The molecule has 1 unspecified atom stereocenters. The van der Waals surface area contributed by atoms with Gasteiger partial charge in [-0.25, -0.2) is 9.59 Å². The van der Waals surface area contributed by atoms with Gasteiger partial charge < -0.3 is 29.0 Å². The maximum atomic E-state index is 13.0. The minimum Gasteiger partial charge on any atom is -0.492 e. The Kier molecular flexibility index (Phi) is 12.9. The average molecular weight is 542 g/mol. The first-order chi connectivity index (χ1) is 18.1. The van der Waals surface area contributed by atoms with E-state index in [1.54, 1.807) is 31.2 Å². The number of nitrogens with zero attached hydrogens (tertiary/aromatic N) is 1. The molecule has 0 saturated carbocycles. The highest BCUT2D eigenvalue weighted by Gasteiger charge is 2.31. The van der Waals surface area contributed by atoms with E-state index >= 15 is 0 Å². The van der Waals surface area contributed by atoms with Crippen LogP contribution in [0.1, 0.15) is 37.8 Å². The molecule has 2 aromatic carbocycles. The second-order valence-corrected chi connectivity index (χ2v) is 8.33. The number of carboxylic acid groups (broad SMARTS) is 1. The van der Waals surface area contributed by atoms with E-state index in [2.05, 4.69) is 0 Å². The minimum atomic E-state index is -4.56. The first-order valence-electron chi connectivity index (χ1n) is 12.4. The summed E-state index contributed by atoms with van der Waals surface area (Å²) in [6.45, 7) is 5.15. The SMILES string of the molecule is CCCCOCCN(CCOc1ccc(CC(OCC)C(=O)O)cc1)C(=O)Oc1cccc(C(F)(F)F)c1. The lowest BCUT2D eigenvalue weighted by Gasteiger charge is -2.22. The highest BCUT2D eigenvalue weighted by molar-refractivity contribution is 5.72. The number of halogens is 3. The molecular formula is C27H34F3NO7. The molecule has 2 aromatic rings. The van der Waals surface area contributed by atoms with Crippen LogP contribution in [0.15, 0.2) is 48.5 Å². The lowest BCUT2D eigenvalue weighted by atomic mass is 10.1. The molecule has 0 bridgehead atoms.